The zero-order chi connectivity index (χ0) is 59.2. The van der Waals surface area contributed by atoms with E-state index in [0.717, 1.165) is 96.3 Å². The minimum absolute atomic E-state index is 0.0718. The minimum atomic E-state index is -0.772. The predicted molar refractivity (Wildman–Crippen MR) is 358 cm³/mol. The van der Waals surface area contributed by atoms with Gasteiger partial charge in [0.05, 0.1) is 0 Å². The topological polar surface area (TPSA) is 78.9 Å². The van der Waals surface area contributed by atoms with Crippen LogP contribution in [0.15, 0.2) is 85.1 Å². The van der Waals surface area contributed by atoms with Gasteiger partial charge in [-0.25, -0.2) is 0 Å². The zero-order valence-electron chi connectivity index (χ0n) is 54.5. The Bertz CT molecular complexity index is 1550. The fourth-order valence-corrected chi connectivity index (χ4v) is 10.3. The molecule has 6 heteroatoms. The standard InChI is InChI=1S/C76H134O6/c1-4-7-10-13-16-18-20-22-24-26-28-30-32-34-35-36-37-38-39-40-41-43-44-46-48-50-52-54-56-58-60-63-66-69-75(78)81-72-73(71-80-74(77)68-65-62-15-12-9-6-3)82-76(79)70-67-64-61-59-57-55-53-51-49-47-45-42-33-31-29-27-25-23-21-19-17-14-11-8-5-2/h7,10,16,18,21-24,27-30,34-35,73H,4-6,8-9,11-15,17,19-20,25-26,31-33,36-72H2,1-3H3/b10-7-,18-16-,23-21-,24-22-,29-27-,30-28-,35-34-. The average molecular weight is 1140 g/mol. The van der Waals surface area contributed by atoms with Crippen LogP contribution >= 0.6 is 0 Å². The Kier molecular flexibility index (Phi) is 67.2. The summed E-state index contributed by atoms with van der Waals surface area (Å²) in [5, 5.41) is 0. The Balaban J connectivity index is 3.99. The molecule has 0 heterocycles. The van der Waals surface area contributed by atoms with E-state index in [1.165, 1.54) is 225 Å². The molecule has 6 nitrogen and oxygen atoms in total. The second-order valence-corrected chi connectivity index (χ2v) is 23.8. The maximum atomic E-state index is 12.9. The van der Waals surface area contributed by atoms with E-state index in [1.54, 1.807) is 0 Å². The van der Waals surface area contributed by atoms with Crippen molar-refractivity contribution < 1.29 is 28.6 Å². The summed E-state index contributed by atoms with van der Waals surface area (Å²) in [4.78, 5) is 38.1. The molecule has 1 unspecified atom stereocenters. The summed E-state index contributed by atoms with van der Waals surface area (Å²) in [6, 6.07) is 0. The van der Waals surface area contributed by atoms with Crippen molar-refractivity contribution in [2.45, 2.75) is 367 Å². The lowest BCUT2D eigenvalue weighted by molar-refractivity contribution is -0.167. The van der Waals surface area contributed by atoms with Crippen molar-refractivity contribution in [3.8, 4) is 0 Å². The molecule has 0 aromatic heterocycles. The molecule has 0 aromatic carbocycles. The summed E-state index contributed by atoms with van der Waals surface area (Å²) < 4.78 is 16.9. The molecule has 0 radical (unpaired) electrons. The third-order valence-corrected chi connectivity index (χ3v) is 15.6. The normalized spacial score (nSPS) is 12.6. The van der Waals surface area contributed by atoms with E-state index in [1.807, 2.05) is 0 Å². The molecular weight excluding hydrogens is 1010 g/mol. The van der Waals surface area contributed by atoms with Gasteiger partial charge in [-0.05, 0) is 96.3 Å². The number of hydrogen-bond acceptors (Lipinski definition) is 6. The van der Waals surface area contributed by atoms with E-state index in [0.29, 0.717) is 19.3 Å². The molecule has 82 heavy (non-hydrogen) atoms. The first-order chi connectivity index (χ1) is 40.5. The predicted octanol–water partition coefficient (Wildman–Crippen LogP) is 24.6. The van der Waals surface area contributed by atoms with Crippen LogP contribution in [0.2, 0.25) is 0 Å². The van der Waals surface area contributed by atoms with Gasteiger partial charge in [-0.3, -0.25) is 14.4 Å². The lowest BCUT2D eigenvalue weighted by atomic mass is 10.0. The molecular formula is C76H134O6. The van der Waals surface area contributed by atoms with Gasteiger partial charge in [-0.15, -0.1) is 0 Å². The van der Waals surface area contributed by atoms with Gasteiger partial charge in [0.25, 0.3) is 0 Å². The highest BCUT2D eigenvalue weighted by Crippen LogP contribution is 2.18. The van der Waals surface area contributed by atoms with Crippen molar-refractivity contribution in [2.24, 2.45) is 0 Å². The third kappa shape index (κ3) is 67.4. The first kappa shape index (κ1) is 78.6. The van der Waals surface area contributed by atoms with E-state index >= 15 is 0 Å². The maximum absolute atomic E-state index is 12.9. The number of hydrogen-bond donors (Lipinski definition) is 0. The van der Waals surface area contributed by atoms with Gasteiger partial charge < -0.3 is 14.2 Å². The molecule has 474 valence electrons. The summed E-state index contributed by atoms with van der Waals surface area (Å²) in [5.74, 6) is -0.864. The van der Waals surface area contributed by atoms with Crippen LogP contribution < -0.4 is 0 Å². The zero-order valence-corrected chi connectivity index (χ0v) is 54.5. The number of carbonyl (C=O) groups is 3. The second-order valence-electron chi connectivity index (χ2n) is 23.8. The van der Waals surface area contributed by atoms with Gasteiger partial charge in [0.2, 0.25) is 0 Å². The Hall–Kier alpha value is -3.41. The molecule has 0 aliphatic carbocycles. The van der Waals surface area contributed by atoms with Gasteiger partial charge in [-0.1, -0.05) is 331 Å². The molecule has 0 aliphatic rings. The molecule has 0 saturated carbocycles. The number of ether oxygens (including phenoxy) is 3. The summed E-state index contributed by atoms with van der Waals surface area (Å²) in [6.45, 7) is 6.50. The number of carbonyl (C=O) groups excluding carboxylic acids is 3. The quantitative estimate of drug-likeness (QED) is 0.0261. The van der Waals surface area contributed by atoms with Crippen molar-refractivity contribution in [1.82, 2.24) is 0 Å². The Labute approximate surface area is 509 Å². The van der Waals surface area contributed by atoms with Gasteiger partial charge >= 0.3 is 17.9 Å². The lowest BCUT2D eigenvalue weighted by Gasteiger charge is -2.18. The van der Waals surface area contributed by atoms with Crippen LogP contribution in [-0.4, -0.2) is 37.2 Å². The van der Waals surface area contributed by atoms with E-state index in [2.05, 4.69) is 106 Å². The molecule has 0 fully saturated rings. The molecule has 0 N–H and O–H groups in total. The van der Waals surface area contributed by atoms with E-state index in [4.69, 9.17) is 14.2 Å². The maximum Gasteiger partial charge on any atom is 0.306 e. The first-order valence-electron chi connectivity index (χ1n) is 35.6. The SMILES string of the molecule is CC/C=C\C/C=C\C/C=C\C/C=C\C/C=C\CCCCCCCCCCCCCCCCCCCC(=O)OCC(COC(=O)CCCCCCCC)OC(=O)CCCCCCCCCCCCCCC/C=C\C/C=C\CCCCCCC. The van der Waals surface area contributed by atoms with Crippen LogP contribution in [0.4, 0.5) is 0 Å². The van der Waals surface area contributed by atoms with Crippen LogP contribution in [0.5, 0.6) is 0 Å². The molecule has 0 aliphatic heterocycles. The highest BCUT2D eigenvalue weighted by molar-refractivity contribution is 5.71. The smallest absolute Gasteiger partial charge is 0.306 e. The first-order valence-corrected chi connectivity index (χ1v) is 35.6. The molecule has 1 atom stereocenters. The van der Waals surface area contributed by atoms with Crippen LogP contribution in [-0.2, 0) is 28.6 Å². The number of esters is 3. The van der Waals surface area contributed by atoms with Crippen molar-refractivity contribution in [2.75, 3.05) is 13.2 Å². The monoisotopic (exact) mass is 1140 g/mol. The van der Waals surface area contributed by atoms with E-state index < -0.39 is 6.10 Å². The Morgan fingerprint density at radius 1 is 0.256 bits per heavy atom. The van der Waals surface area contributed by atoms with Gasteiger partial charge in [0, 0.05) is 19.3 Å². The summed E-state index contributed by atoms with van der Waals surface area (Å²) in [6.07, 6.45) is 93.7. The minimum Gasteiger partial charge on any atom is -0.462 e. The molecule has 0 saturated heterocycles. The number of unbranched alkanes of at least 4 members (excludes halogenated alkanes) is 40. The summed E-state index contributed by atoms with van der Waals surface area (Å²) >= 11 is 0. The molecule has 0 aromatic rings. The summed E-state index contributed by atoms with van der Waals surface area (Å²) in [5.41, 5.74) is 0. The van der Waals surface area contributed by atoms with Crippen LogP contribution in [0.1, 0.15) is 361 Å². The second kappa shape index (κ2) is 70.1. The van der Waals surface area contributed by atoms with Crippen molar-refractivity contribution in [3.05, 3.63) is 85.1 Å². The molecule has 0 rings (SSSR count). The Morgan fingerprint density at radius 3 is 0.744 bits per heavy atom. The van der Waals surface area contributed by atoms with Crippen molar-refractivity contribution in [3.63, 3.8) is 0 Å². The largest absolute Gasteiger partial charge is 0.462 e. The molecule has 0 spiro atoms. The third-order valence-electron chi connectivity index (χ3n) is 15.6. The van der Waals surface area contributed by atoms with Crippen LogP contribution in [0.3, 0.4) is 0 Å². The lowest BCUT2D eigenvalue weighted by Crippen LogP contribution is -2.30. The van der Waals surface area contributed by atoms with Crippen LogP contribution in [0, 0.1) is 0 Å². The van der Waals surface area contributed by atoms with Gasteiger partial charge in [0.15, 0.2) is 6.10 Å². The van der Waals surface area contributed by atoms with Crippen LogP contribution in [0.25, 0.3) is 0 Å². The molecule has 0 amide bonds. The Morgan fingerprint density at radius 2 is 0.476 bits per heavy atom. The molecule has 0 bridgehead atoms. The summed E-state index contributed by atoms with van der Waals surface area (Å²) in [7, 11) is 0. The number of allylic oxidation sites excluding steroid dienone is 14. The average Bonchev–Trinajstić information content (AvgIpc) is 3.47. The fraction of sp³-hybridized carbons (Fsp3) is 0.776. The van der Waals surface area contributed by atoms with Gasteiger partial charge in [0.1, 0.15) is 13.2 Å². The highest BCUT2D eigenvalue weighted by Gasteiger charge is 2.19. The highest BCUT2D eigenvalue weighted by atomic mass is 16.6. The van der Waals surface area contributed by atoms with Crippen molar-refractivity contribution >= 4 is 17.9 Å². The van der Waals surface area contributed by atoms with Gasteiger partial charge in [-0.2, -0.15) is 0 Å². The van der Waals surface area contributed by atoms with Crippen molar-refractivity contribution in [1.29, 1.82) is 0 Å². The van der Waals surface area contributed by atoms with E-state index in [-0.39, 0.29) is 31.1 Å². The fourth-order valence-electron chi connectivity index (χ4n) is 10.3. The van der Waals surface area contributed by atoms with E-state index in [9.17, 15) is 14.4 Å². The number of rotatable bonds is 65.